The topological polar surface area (TPSA) is 59.4 Å². The molecule has 0 amide bonds. The van der Waals surface area contributed by atoms with Crippen molar-refractivity contribution in [2.75, 3.05) is 19.6 Å². The Bertz CT molecular complexity index is 630. The number of nitrogens with zero attached hydrogens (tertiary/aromatic N) is 4. The van der Waals surface area contributed by atoms with Gasteiger partial charge < -0.3 is 10.6 Å². The summed E-state index contributed by atoms with van der Waals surface area (Å²) in [5, 5.41) is 5.09. The van der Waals surface area contributed by atoms with E-state index in [1.165, 1.54) is 19.3 Å². The summed E-state index contributed by atoms with van der Waals surface area (Å²) in [4.78, 5) is 6.80. The molecule has 1 aliphatic rings. The van der Waals surface area contributed by atoms with Crippen LogP contribution >= 0.6 is 11.6 Å². The maximum absolute atomic E-state index is 6.18. The van der Waals surface area contributed by atoms with E-state index in [2.05, 4.69) is 15.0 Å². The number of benzene rings is 1. The molecule has 0 saturated carbocycles. The molecule has 2 heterocycles. The van der Waals surface area contributed by atoms with Gasteiger partial charge in [0.05, 0.1) is 12.6 Å². The summed E-state index contributed by atoms with van der Waals surface area (Å²) >= 11 is 5.99. The number of piperidine rings is 1. The number of guanidine groups is 1. The van der Waals surface area contributed by atoms with Gasteiger partial charge in [0.15, 0.2) is 5.96 Å². The van der Waals surface area contributed by atoms with Gasteiger partial charge in [0, 0.05) is 30.5 Å². The Morgan fingerprint density at radius 1 is 1.22 bits per heavy atom. The largest absolute Gasteiger partial charge is 0.370 e. The number of hydrogen-bond acceptors (Lipinski definition) is 2. The van der Waals surface area contributed by atoms with Crippen LogP contribution in [0.25, 0.3) is 0 Å². The van der Waals surface area contributed by atoms with Crippen LogP contribution in [0.15, 0.2) is 47.7 Å². The molecule has 1 aromatic heterocycles. The van der Waals surface area contributed by atoms with Gasteiger partial charge >= 0.3 is 0 Å². The van der Waals surface area contributed by atoms with Gasteiger partial charge in [-0.15, -0.1) is 0 Å². The lowest BCUT2D eigenvalue weighted by Gasteiger charge is -2.28. The number of hydrogen-bond donors (Lipinski definition) is 1. The normalized spacial score (nSPS) is 17.3. The summed E-state index contributed by atoms with van der Waals surface area (Å²) < 4.78 is 1.91. The first kappa shape index (κ1) is 15.9. The number of nitrogens with two attached hydrogens (primary N) is 1. The van der Waals surface area contributed by atoms with Crippen molar-refractivity contribution in [1.82, 2.24) is 14.7 Å². The van der Waals surface area contributed by atoms with E-state index in [0.29, 0.717) is 12.5 Å². The van der Waals surface area contributed by atoms with Crippen molar-refractivity contribution in [2.45, 2.75) is 25.3 Å². The van der Waals surface area contributed by atoms with E-state index in [4.69, 9.17) is 17.3 Å². The number of rotatable bonds is 4. The lowest BCUT2D eigenvalue weighted by molar-refractivity contribution is 0.337. The van der Waals surface area contributed by atoms with Gasteiger partial charge in [0.1, 0.15) is 0 Å². The summed E-state index contributed by atoms with van der Waals surface area (Å²) in [6, 6.07) is 9.75. The van der Waals surface area contributed by atoms with Crippen molar-refractivity contribution in [3.8, 4) is 0 Å². The van der Waals surface area contributed by atoms with Crippen molar-refractivity contribution >= 4 is 17.6 Å². The van der Waals surface area contributed by atoms with Gasteiger partial charge in [-0.3, -0.25) is 9.67 Å². The zero-order valence-corrected chi connectivity index (χ0v) is 13.9. The second-order valence-corrected chi connectivity index (χ2v) is 6.24. The molecule has 0 aliphatic carbocycles. The van der Waals surface area contributed by atoms with Crippen LogP contribution in [-0.2, 0) is 0 Å². The Balaban J connectivity index is 1.77. The predicted octanol–water partition coefficient (Wildman–Crippen LogP) is 2.93. The quantitative estimate of drug-likeness (QED) is 0.692. The van der Waals surface area contributed by atoms with Gasteiger partial charge in [-0.1, -0.05) is 23.7 Å². The molecular formula is C17H22ClN5. The Hall–Kier alpha value is -2.01. The van der Waals surface area contributed by atoms with Crippen LogP contribution in [-0.4, -0.2) is 40.3 Å². The van der Waals surface area contributed by atoms with Gasteiger partial charge in [-0.25, -0.2) is 0 Å². The zero-order valence-electron chi connectivity index (χ0n) is 13.1. The molecule has 1 fully saturated rings. The molecule has 6 heteroatoms. The Morgan fingerprint density at radius 3 is 2.61 bits per heavy atom. The molecule has 0 bridgehead atoms. The predicted molar refractivity (Wildman–Crippen MR) is 93.7 cm³/mol. The van der Waals surface area contributed by atoms with E-state index in [9.17, 15) is 0 Å². The van der Waals surface area contributed by atoms with Crippen LogP contribution in [0.2, 0.25) is 5.02 Å². The highest BCUT2D eigenvalue weighted by Gasteiger charge is 2.16. The summed E-state index contributed by atoms with van der Waals surface area (Å²) in [7, 11) is 0. The third-order valence-corrected chi connectivity index (χ3v) is 4.46. The van der Waals surface area contributed by atoms with E-state index >= 15 is 0 Å². The molecule has 5 nitrogen and oxygen atoms in total. The maximum Gasteiger partial charge on any atom is 0.191 e. The van der Waals surface area contributed by atoms with Crippen LogP contribution in [0, 0.1) is 0 Å². The first-order chi connectivity index (χ1) is 11.2. The van der Waals surface area contributed by atoms with Crippen LogP contribution in [0.5, 0.6) is 0 Å². The fourth-order valence-electron chi connectivity index (χ4n) is 2.89. The number of aliphatic imine (C=N–C) groups is 1. The van der Waals surface area contributed by atoms with E-state index in [0.717, 1.165) is 23.7 Å². The number of halogens is 1. The third kappa shape index (κ3) is 4.05. The smallest absolute Gasteiger partial charge is 0.191 e. The molecule has 1 aromatic carbocycles. The maximum atomic E-state index is 6.18. The van der Waals surface area contributed by atoms with Crippen LogP contribution in [0.4, 0.5) is 0 Å². The Labute approximate surface area is 141 Å². The molecule has 1 saturated heterocycles. The molecule has 2 N–H and O–H groups in total. The molecular weight excluding hydrogens is 310 g/mol. The molecule has 1 unspecified atom stereocenters. The van der Waals surface area contributed by atoms with Crippen molar-refractivity contribution in [2.24, 2.45) is 10.7 Å². The summed E-state index contributed by atoms with van der Waals surface area (Å²) in [6.45, 7) is 2.57. The molecule has 0 spiro atoms. The second-order valence-electron chi connectivity index (χ2n) is 5.80. The second kappa shape index (κ2) is 7.51. The fourth-order valence-corrected chi connectivity index (χ4v) is 3.02. The summed E-state index contributed by atoms with van der Waals surface area (Å²) in [5.74, 6) is 0.635. The minimum Gasteiger partial charge on any atom is -0.370 e. The van der Waals surface area contributed by atoms with E-state index in [1.54, 1.807) is 6.20 Å². The zero-order chi connectivity index (χ0) is 16.1. The Kier molecular flexibility index (Phi) is 5.18. The highest BCUT2D eigenvalue weighted by Crippen LogP contribution is 2.20. The van der Waals surface area contributed by atoms with E-state index in [-0.39, 0.29) is 6.04 Å². The highest BCUT2D eigenvalue weighted by atomic mass is 35.5. The van der Waals surface area contributed by atoms with E-state index < -0.39 is 0 Å². The fraction of sp³-hybridized carbons (Fsp3) is 0.412. The van der Waals surface area contributed by atoms with E-state index in [1.807, 2.05) is 41.2 Å². The lowest BCUT2D eigenvalue weighted by Crippen LogP contribution is -2.41. The summed E-state index contributed by atoms with van der Waals surface area (Å²) in [5.41, 5.74) is 7.30. The molecule has 1 aliphatic heterocycles. The monoisotopic (exact) mass is 331 g/mol. The van der Waals surface area contributed by atoms with Crippen molar-refractivity contribution in [3.05, 3.63) is 53.3 Å². The van der Waals surface area contributed by atoms with Gasteiger partial charge in [-0.2, -0.15) is 5.10 Å². The van der Waals surface area contributed by atoms with Crippen LogP contribution in [0.3, 0.4) is 0 Å². The molecule has 1 atom stereocenters. The molecule has 122 valence electrons. The average Bonchev–Trinajstić information content (AvgIpc) is 3.11. The average molecular weight is 332 g/mol. The van der Waals surface area contributed by atoms with Gasteiger partial charge in [0.2, 0.25) is 0 Å². The van der Waals surface area contributed by atoms with Crippen molar-refractivity contribution in [3.63, 3.8) is 0 Å². The molecule has 0 radical (unpaired) electrons. The first-order valence-corrected chi connectivity index (χ1v) is 8.41. The first-order valence-electron chi connectivity index (χ1n) is 8.03. The summed E-state index contributed by atoms with van der Waals surface area (Å²) in [6.07, 6.45) is 7.39. The highest BCUT2D eigenvalue weighted by molar-refractivity contribution is 6.30. The number of likely N-dealkylation sites (tertiary alicyclic amines) is 1. The molecule has 23 heavy (non-hydrogen) atoms. The number of aromatic nitrogens is 2. The SMILES string of the molecule is NC(=NCC(c1ccc(Cl)cc1)n1cccn1)N1CCCCC1. The van der Waals surface area contributed by atoms with Crippen LogP contribution < -0.4 is 5.73 Å². The Morgan fingerprint density at radius 2 is 1.96 bits per heavy atom. The third-order valence-electron chi connectivity index (χ3n) is 4.21. The standard InChI is InChI=1S/C17H22ClN5/c18-15-7-5-14(6-8-15)16(23-12-4-9-21-23)13-20-17(19)22-10-2-1-3-11-22/h4-9,12,16H,1-3,10-11,13H2,(H2,19,20). The minimum atomic E-state index is 0.0191. The molecule has 2 aromatic rings. The van der Waals surface area contributed by atoms with Crippen molar-refractivity contribution < 1.29 is 0 Å². The lowest BCUT2D eigenvalue weighted by atomic mass is 10.1. The van der Waals surface area contributed by atoms with Crippen molar-refractivity contribution in [1.29, 1.82) is 0 Å². The van der Waals surface area contributed by atoms with Crippen LogP contribution in [0.1, 0.15) is 30.9 Å². The van der Waals surface area contributed by atoms with Gasteiger partial charge in [0.25, 0.3) is 0 Å². The minimum absolute atomic E-state index is 0.0191. The van der Waals surface area contributed by atoms with Gasteiger partial charge in [-0.05, 0) is 43.0 Å². The molecule has 3 rings (SSSR count).